The number of rotatable bonds is 3. The molecule has 0 bridgehead atoms. The van der Waals surface area contributed by atoms with E-state index in [1.807, 2.05) is 38.2 Å². The van der Waals surface area contributed by atoms with Gasteiger partial charge in [0, 0.05) is 27.7 Å². The Morgan fingerprint density at radius 3 is 2.38 bits per heavy atom. The summed E-state index contributed by atoms with van der Waals surface area (Å²) in [5.74, 6) is 0.461. The largest absolute Gasteiger partial charge is 0.306 e. The summed E-state index contributed by atoms with van der Waals surface area (Å²) in [4.78, 5) is 12.5. The number of carbonyl (C=O) groups excluding carboxylic acids is 1. The van der Waals surface area contributed by atoms with Gasteiger partial charge in [-0.15, -0.1) is 0 Å². The van der Waals surface area contributed by atoms with E-state index in [2.05, 4.69) is 26.3 Å². The molecule has 0 unspecified atom stereocenters. The van der Waals surface area contributed by atoms with Gasteiger partial charge >= 0.3 is 0 Å². The number of hydrogen-bond acceptors (Lipinski definition) is 2. The molecular weight excluding hydrogens is 390 g/mol. The first-order valence-corrected chi connectivity index (χ1v) is 8.49. The number of carbonyl (C=O) groups is 1. The van der Waals surface area contributed by atoms with Crippen LogP contribution in [-0.2, 0) is 7.05 Å². The molecule has 1 aromatic heterocycles. The third kappa shape index (κ3) is 3.37. The second-order valence-electron chi connectivity index (χ2n) is 5.40. The molecule has 0 aliphatic carbocycles. The highest BCUT2D eigenvalue weighted by Crippen LogP contribution is 2.32. The number of aryl methyl sites for hydroxylation is 2. The first-order valence-electron chi connectivity index (χ1n) is 7.32. The fourth-order valence-electron chi connectivity index (χ4n) is 2.54. The smallest absolute Gasteiger partial charge is 0.256 e. The van der Waals surface area contributed by atoms with Gasteiger partial charge in [0.15, 0.2) is 0 Å². The maximum atomic E-state index is 12.5. The average molecular weight is 405 g/mol. The van der Waals surface area contributed by atoms with Crippen LogP contribution in [0.2, 0.25) is 5.02 Å². The van der Waals surface area contributed by atoms with Gasteiger partial charge in [-0.05, 0) is 48.9 Å². The number of hydrogen-bond donors (Lipinski definition) is 1. The number of nitrogens with one attached hydrogen (secondary N) is 1. The zero-order valence-corrected chi connectivity index (χ0v) is 15.5. The quantitative estimate of drug-likeness (QED) is 0.663. The number of aromatic nitrogens is 2. The summed E-state index contributed by atoms with van der Waals surface area (Å²) >= 11 is 9.31. The van der Waals surface area contributed by atoms with E-state index < -0.39 is 0 Å². The molecule has 0 spiro atoms. The molecule has 0 radical (unpaired) electrons. The fraction of sp³-hybridized carbons (Fsp3) is 0.111. The molecule has 1 amide bonds. The Bertz CT molecular complexity index is 886. The Morgan fingerprint density at radius 1 is 1.12 bits per heavy atom. The van der Waals surface area contributed by atoms with Crippen LogP contribution in [-0.4, -0.2) is 15.7 Å². The number of nitrogens with zero attached hydrogens (tertiary/aromatic N) is 2. The molecule has 24 heavy (non-hydrogen) atoms. The van der Waals surface area contributed by atoms with Gasteiger partial charge in [-0.2, -0.15) is 5.10 Å². The fourth-order valence-corrected chi connectivity index (χ4v) is 2.94. The minimum atomic E-state index is -0.201. The van der Waals surface area contributed by atoms with Gasteiger partial charge in [0.1, 0.15) is 5.82 Å². The van der Waals surface area contributed by atoms with Crippen molar-refractivity contribution in [2.45, 2.75) is 6.92 Å². The maximum absolute atomic E-state index is 12.5. The van der Waals surface area contributed by atoms with Crippen molar-refractivity contribution in [2.75, 3.05) is 5.32 Å². The van der Waals surface area contributed by atoms with Crippen LogP contribution in [0.4, 0.5) is 5.82 Å². The van der Waals surface area contributed by atoms with E-state index in [1.54, 1.807) is 28.9 Å². The van der Waals surface area contributed by atoms with E-state index in [9.17, 15) is 4.79 Å². The van der Waals surface area contributed by atoms with Crippen molar-refractivity contribution in [3.05, 3.63) is 69.3 Å². The molecular formula is C18H15BrClN3O. The maximum Gasteiger partial charge on any atom is 0.256 e. The summed E-state index contributed by atoms with van der Waals surface area (Å²) in [5, 5.41) is 7.99. The first kappa shape index (κ1) is 16.7. The predicted molar refractivity (Wildman–Crippen MR) is 100 cm³/mol. The van der Waals surface area contributed by atoms with Gasteiger partial charge < -0.3 is 5.32 Å². The van der Waals surface area contributed by atoms with E-state index in [0.717, 1.165) is 21.3 Å². The second kappa shape index (κ2) is 6.79. The Kier molecular flexibility index (Phi) is 4.73. The Balaban J connectivity index is 1.97. The van der Waals surface area contributed by atoms with Gasteiger partial charge in [-0.25, -0.2) is 0 Å². The molecule has 0 saturated heterocycles. The summed E-state index contributed by atoms with van der Waals surface area (Å²) in [7, 11) is 1.81. The van der Waals surface area contributed by atoms with Gasteiger partial charge in [0.2, 0.25) is 0 Å². The SMILES string of the molecule is Cc1nn(C)c(NC(=O)c2ccc(Cl)cc2)c1-c1ccc(Br)cc1. The minimum Gasteiger partial charge on any atom is -0.306 e. The van der Waals surface area contributed by atoms with Crippen LogP contribution < -0.4 is 5.32 Å². The van der Waals surface area contributed by atoms with Crippen LogP contribution in [0.1, 0.15) is 16.1 Å². The third-order valence-corrected chi connectivity index (χ3v) is 4.47. The molecule has 6 heteroatoms. The number of benzene rings is 2. The Labute approximate surface area is 153 Å². The number of anilines is 1. The van der Waals surface area contributed by atoms with Crippen LogP contribution in [0.15, 0.2) is 53.0 Å². The summed E-state index contributed by atoms with van der Waals surface area (Å²) < 4.78 is 2.68. The Morgan fingerprint density at radius 2 is 1.75 bits per heavy atom. The van der Waals surface area contributed by atoms with E-state index in [4.69, 9.17) is 11.6 Å². The van der Waals surface area contributed by atoms with E-state index in [-0.39, 0.29) is 5.91 Å². The van der Waals surface area contributed by atoms with Gasteiger partial charge in [-0.3, -0.25) is 9.48 Å². The molecule has 1 N–H and O–H groups in total. The summed E-state index contributed by atoms with van der Waals surface area (Å²) in [6, 6.07) is 14.7. The van der Waals surface area contributed by atoms with Crippen molar-refractivity contribution in [1.82, 2.24) is 9.78 Å². The standard InChI is InChI=1S/C18H15BrClN3O/c1-11-16(12-3-7-14(19)8-4-12)17(23(2)22-11)21-18(24)13-5-9-15(20)10-6-13/h3-10H,1-2H3,(H,21,24). The molecule has 2 aromatic carbocycles. The predicted octanol–water partition coefficient (Wildman–Crippen LogP) is 5.06. The summed E-state index contributed by atoms with van der Waals surface area (Å²) in [6.45, 7) is 1.93. The summed E-state index contributed by atoms with van der Waals surface area (Å²) in [6.07, 6.45) is 0. The molecule has 0 aliphatic heterocycles. The lowest BCUT2D eigenvalue weighted by molar-refractivity contribution is 0.102. The van der Waals surface area contributed by atoms with Crippen LogP contribution in [0.3, 0.4) is 0 Å². The normalized spacial score (nSPS) is 10.7. The van der Waals surface area contributed by atoms with Gasteiger partial charge in [0.05, 0.1) is 5.69 Å². The van der Waals surface area contributed by atoms with Crippen molar-refractivity contribution in [3.63, 3.8) is 0 Å². The molecule has 3 aromatic rings. The van der Waals surface area contributed by atoms with Crippen molar-refractivity contribution in [1.29, 1.82) is 0 Å². The lowest BCUT2D eigenvalue weighted by Crippen LogP contribution is -2.15. The van der Waals surface area contributed by atoms with Gasteiger partial charge in [0.25, 0.3) is 5.91 Å². The minimum absolute atomic E-state index is 0.201. The summed E-state index contributed by atoms with van der Waals surface area (Å²) in [5.41, 5.74) is 3.30. The van der Waals surface area contributed by atoms with Crippen LogP contribution >= 0.6 is 27.5 Å². The van der Waals surface area contributed by atoms with Crippen LogP contribution in [0.5, 0.6) is 0 Å². The molecule has 122 valence electrons. The zero-order chi connectivity index (χ0) is 17.3. The van der Waals surface area contributed by atoms with Crippen LogP contribution in [0, 0.1) is 6.92 Å². The topological polar surface area (TPSA) is 46.9 Å². The molecule has 0 atom stereocenters. The lowest BCUT2D eigenvalue weighted by atomic mass is 10.1. The molecule has 1 heterocycles. The monoisotopic (exact) mass is 403 g/mol. The van der Waals surface area contributed by atoms with Crippen molar-refractivity contribution in [3.8, 4) is 11.1 Å². The van der Waals surface area contributed by atoms with E-state index in [1.165, 1.54) is 0 Å². The highest BCUT2D eigenvalue weighted by molar-refractivity contribution is 9.10. The second-order valence-corrected chi connectivity index (χ2v) is 6.75. The lowest BCUT2D eigenvalue weighted by Gasteiger charge is -2.09. The molecule has 4 nitrogen and oxygen atoms in total. The van der Waals surface area contributed by atoms with Gasteiger partial charge in [-0.1, -0.05) is 39.7 Å². The first-order chi connectivity index (χ1) is 11.5. The molecule has 0 fully saturated rings. The number of halogens is 2. The van der Waals surface area contributed by atoms with E-state index in [0.29, 0.717) is 16.4 Å². The zero-order valence-electron chi connectivity index (χ0n) is 13.2. The average Bonchev–Trinajstić information content (AvgIpc) is 2.83. The number of amides is 1. The molecule has 3 rings (SSSR count). The van der Waals surface area contributed by atoms with Crippen molar-refractivity contribution < 1.29 is 4.79 Å². The molecule has 0 aliphatic rings. The van der Waals surface area contributed by atoms with Crippen molar-refractivity contribution in [2.24, 2.45) is 7.05 Å². The molecule has 0 saturated carbocycles. The van der Waals surface area contributed by atoms with Crippen LogP contribution in [0.25, 0.3) is 11.1 Å². The third-order valence-electron chi connectivity index (χ3n) is 3.69. The van der Waals surface area contributed by atoms with E-state index >= 15 is 0 Å². The highest BCUT2D eigenvalue weighted by Gasteiger charge is 2.18. The highest BCUT2D eigenvalue weighted by atomic mass is 79.9. The van der Waals surface area contributed by atoms with Crippen molar-refractivity contribution >= 4 is 39.3 Å². The Hall–Kier alpha value is -2.11.